The molecule has 0 saturated carbocycles. The van der Waals surface area contributed by atoms with Gasteiger partial charge in [0.05, 0.1) is 5.76 Å². The van der Waals surface area contributed by atoms with E-state index in [1.54, 1.807) is 0 Å². The van der Waals surface area contributed by atoms with Crippen LogP contribution >= 0.6 is 0 Å². The summed E-state index contributed by atoms with van der Waals surface area (Å²) in [6.07, 6.45) is 3.68. The second kappa shape index (κ2) is 7.01. The number of aldehydes is 1. The Hall–Kier alpha value is -2.13. The van der Waals surface area contributed by atoms with Crippen molar-refractivity contribution >= 4 is 25.0 Å². The fraction of sp³-hybridized carbons (Fsp3) is 0.318. The minimum atomic E-state index is -2.59. The van der Waals surface area contributed by atoms with Crippen LogP contribution in [0.25, 0.3) is 0 Å². The third kappa shape index (κ3) is 3.21. The van der Waals surface area contributed by atoms with Crippen molar-refractivity contribution in [1.29, 1.82) is 0 Å². The molecule has 0 heterocycles. The van der Waals surface area contributed by atoms with Gasteiger partial charge in [-0.15, -0.1) is 0 Å². The fourth-order valence-electron chi connectivity index (χ4n) is 3.81. The standard InChI is InChI=1S/C22H26O2Si/c1-22(2,3)25(19-12-6-4-7-13-19,20-14-8-5-9-15-20)24-21-16-10-11-18(21)17-23/h4-9,12-15,17H,10-11,16H2,1-3H3. The van der Waals surface area contributed by atoms with Gasteiger partial charge in [0.2, 0.25) is 0 Å². The second-order valence-electron chi connectivity index (χ2n) is 7.69. The summed E-state index contributed by atoms with van der Waals surface area (Å²) in [6.45, 7) is 6.78. The van der Waals surface area contributed by atoms with Crippen LogP contribution in [0.4, 0.5) is 0 Å². The van der Waals surface area contributed by atoms with E-state index >= 15 is 0 Å². The first-order valence-electron chi connectivity index (χ1n) is 8.96. The van der Waals surface area contributed by atoms with E-state index in [1.165, 1.54) is 10.4 Å². The van der Waals surface area contributed by atoms with E-state index in [-0.39, 0.29) is 5.04 Å². The van der Waals surface area contributed by atoms with Gasteiger partial charge in [-0.3, -0.25) is 4.79 Å². The molecule has 1 aliphatic rings. The number of hydrogen-bond donors (Lipinski definition) is 0. The van der Waals surface area contributed by atoms with Crippen LogP contribution in [0, 0.1) is 0 Å². The molecular formula is C22H26O2Si. The zero-order chi connectivity index (χ0) is 17.9. The lowest BCUT2D eigenvalue weighted by molar-refractivity contribution is -0.105. The molecule has 0 aliphatic heterocycles. The second-order valence-corrected chi connectivity index (χ2v) is 11.9. The Bertz CT molecular complexity index is 718. The summed E-state index contributed by atoms with van der Waals surface area (Å²) < 4.78 is 6.93. The first-order valence-corrected chi connectivity index (χ1v) is 10.9. The average Bonchev–Trinajstić information content (AvgIpc) is 3.07. The summed E-state index contributed by atoms with van der Waals surface area (Å²) in [5.41, 5.74) is 0.841. The van der Waals surface area contributed by atoms with E-state index < -0.39 is 8.32 Å². The predicted molar refractivity (Wildman–Crippen MR) is 106 cm³/mol. The summed E-state index contributed by atoms with van der Waals surface area (Å²) in [7, 11) is -2.59. The largest absolute Gasteiger partial charge is 0.537 e. The third-order valence-electron chi connectivity index (χ3n) is 5.04. The predicted octanol–water partition coefficient (Wildman–Crippen LogP) is 4.20. The lowest BCUT2D eigenvalue weighted by Gasteiger charge is -2.43. The van der Waals surface area contributed by atoms with E-state index in [4.69, 9.17) is 4.43 Å². The lowest BCUT2D eigenvalue weighted by atomic mass is 10.2. The van der Waals surface area contributed by atoms with Gasteiger partial charge >= 0.3 is 8.32 Å². The normalized spacial score (nSPS) is 15.3. The molecule has 0 radical (unpaired) electrons. The van der Waals surface area contributed by atoms with Crippen molar-refractivity contribution in [2.75, 3.05) is 0 Å². The van der Waals surface area contributed by atoms with E-state index in [1.807, 2.05) is 12.1 Å². The molecule has 0 spiro atoms. The molecule has 0 atom stereocenters. The molecule has 0 N–H and O–H groups in total. The van der Waals surface area contributed by atoms with Crippen LogP contribution in [-0.4, -0.2) is 14.6 Å². The molecule has 0 aromatic heterocycles. The highest BCUT2D eigenvalue weighted by atomic mass is 28.4. The minimum absolute atomic E-state index is 0.0701. The van der Waals surface area contributed by atoms with Gasteiger partial charge in [-0.05, 0) is 28.3 Å². The molecule has 2 aromatic carbocycles. The van der Waals surface area contributed by atoms with Crippen molar-refractivity contribution in [3.63, 3.8) is 0 Å². The van der Waals surface area contributed by atoms with E-state index in [0.29, 0.717) is 0 Å². The van der Waals surface area contributed by atoms with Gasteiger partial charge in [0, 0.05) is 12.0 Å². The number of benzene rings is 2. The molecule has 2 aromatic rings. The topological polar surface area (TPSA) is 26.3 Å². The summed E-state index contributed by atoms with van der Waals surface area (Å²) in [4.78, 5) is 11.5. The Morgan fingerprint density at radius 3 is 1.84 bits per heavy atom. The highest BCUT2D eigenvalue weighted by Gasteiger charge is 2.52. The summed E-state index contributed by atoms with van der Waals surface area (Å²) >= 11 is 0. The molecule has 0 bridgehead atoms. The van der Waals surface area contributed by atoms with Crippen LogP contribution in [-0.2, 0) is 9.22 Å². The highest BCUT2D eigenvalue weighted by Crippen LogP contribution is 2.40. The maximum absolute atomic E-state index is 11.5. The third-order valence-corrected chi connectivity index (χ3v) is 10.0. The Labute approximate surface area is 151 Å². The molecule has 130 valence electrons. The molecular weight excluding hydrogens is 324 g/mol. The Morgan fingerprint density at radius 1 is 0.880 bits per heavy atom. The van der Waals surface area contributed by atoms with E-state index in [2.05, 4.69) is 69.3 Å². The zero-order valence-corrected chi connectivity index (χ0v) is 16.3. The summed E-state index contributed by atoms with van der Waals surface area (Å²) in [5.74, 6) is 0.907. The number of carbonyl (C=O) groups is 1. The Morgan fingerprint density at radius 2 is 1.40 bits per heavy atom. The zero-order valence-electron chi connectivity index (χ0n) is 15.3. The Balaban J connectivity index is 2.24. The molecule has 1 aliphatic carbocycles. The number of hydrogen-bond acceptors (Lipinski definition) is 2. The maximum Gasteiger partial charge on any atom is 0.319 e. The monoisotopic (exact) mass is 350 g/mol. The first-order chi connectivity index (χ1) is 12.0. The lowest BCUT2D eigenvalue weighted by Crippen LogP contribution is -2.66. The minimum Gasteiger partial charge on any atom is -0.537 e. The van der Waals surface area contributed by atoms with Gasteiger partial charge < -0.3 is 4.43 Å². The average molecular weight is 351 g/mol. The smallest absolute Gasteiger partial charge is 0.319 e. The van der Waals surface area contributed by atoms with Gasteiger partial charge in [0.25, 0.3) is 0 Å². The number of carbonyl (C=O) groups excluding carboxylic acids is 1. The quantitative estimate of drug-likeness (QED) is 0.597. The van der Waals surface area contributed by atoms with Crippen molar-refractivity contribution in [2.45, 2.75) is 45.1 Å². The van der Waals surface area contributed by atoms with Crippen molar-refractivity contribution in [2.24, 2.45) is 0 Å². The molecule has 2 nitrogen and oxygen atoms in total. The Kier molecular flexibility index (Phi) is 4.95. The van der Waals surface area contributed by atoms with Crippen LogP contribution in [0.5, 0.6) is 0 Å². The molecule has 3 heteroatoms. The van der Waals surface area contributed by atoms with Crippen LogP contribution in [0.15, 0.2) is 72.0 Å². The van der Waals surface area contributed by atoms with E-state index in [0.717, 1.165) is 36.9 Å². The summed E-state index contributed by atoms with van der Waals surface area (Å²) in [6, 6.07) is 21.1. The molecule has 25 heavy (non-hydrogen) atoms. The van der Waals surface area contributed by atoms with Crippen molar-refractivity contribution < 1.29 is 9.22 Å². The molecule has 3 rings (SSSR count). The van der Waals surface area contributed by atoms with Gasteiger partial charge in [-0.2, -0.15) is 0 Å². The first kappa shape index (κ1) is 17.7. The SMILES string of the molecule is CC(C)(C)[Si](OC1=C(C=O)CCC1)(c1ccccc1)c1ccccc1. The summed E-state index contributed by atoms with van der Waals surface area (Å²) in [5, 5.41) is 2.43. The number of allylic oxidation sites excluding steroid dienone is 2. The fourth-order valence-corrected chi connectivity index (χ4v) is 8.35. The van der Waals surface area contributed by atoms with Crippen LogP contribution in [0.2, 0.25) is 5.04 Å². The van der Waals surface area contributed by atoms with Crippen molar-refractivity contribution in [1.82, 2.24) is 0 Å². The molecule has 0 fully saturated rings. The molecule has 0 amide bonds. The highest BCUT2D eigenvalue weighted by molar-refractivity contribution is 6.99. The van der Waals surface area contributed by atoms with Gasteiger partial charge in [-0.25, -0.2) is 0 Å². The molecule has 0 unspecified atom stereocenters. The van der Waals surface area contributed by atoms with Crippen LogP contribution < -0.4 is 10.4 Å². The van der Waals surface area contributed by atoms with Gasteiger partial charge in [0.15, 0.2) is 0 Å². The van der Waals surface area contributed by atoms with Gasteiger partial charge in [-0.1, -0.05) is 81.4 Å². The van der Waals surface area contributed by atoms with Gasteiger partial charge in [0.1, 0.15) is 6.29 Å². The number of rotatable bonds is 5. The van der Waals surface area contributed by atoms with Crippen molar-refractivity contribution in [3.8, 4) is 0 Å². The van der Waals surface area contributed by atoms with Crippen LogP contribution in [0.1, 0.15) is 40.0 Å². The van der Waals surface area contributed by atoms with Crippen LogP contribution in [0.3, 0.4) is 0 Å². The van der Waals surface area contributed by atoms with E-state index in [9.17, 15) is 4.79 Å². The van der Waals surface area contributed by atoms with Crippen molar-refractivity contribution in [3.05, 3.63) is 72.0 Å². The molecule has 0 saturated heterocycles. The maximum atomic E-state index is 11.5.